The van der Waals surface area contributed by atoms with Crippen molar-refractivity contribution in [1.29, 1.82) is 0 Å². The van der Waals surface area contributed by atoms with E-state index < -0.39 is 0 Å². The number of nitrogens with zero attached hydrogens (tertiary/aromatic N) is 4. The van der Waals surface area contributed by atoms with Gasteiger partial charge in [-0.25, -0.2) is 0 Å². The molecule has 0 atom stereocenters. The standard InChI is InChI=1S/C9H5ClN4/c10-8-7(9(12-11)14-13-8)6-4-2-1-3-5-6/h1-5H. The molecule has 1 aliphatic heterocycles. The molecule has 0 amide bonds. The average molecular weight is 205 g/mol. The van der Waals surface area contributed by atoms with E-state index in [0.717, 1.165) is 5.56 Å². The summed E-state index contributed by atoms with van der Waals surface area (Å²) in [5, 5.41) is 7.48. The average Bonchev–Trinajstić information content (AvgIpc) is 2.61. The van der Waals surface area contributed by atoms with Crippen molar-refractivity contribution >= 4 is 23.0 Å². The molecule has 0 aliphatic carbocycles. The molecule has 0 saturated carbocycles. The minimum atomic E-state index is 0.140. The molecular formula is C9H5ClN4. The van der Waals surface area contributed by atoms with Gasteiger partial charge in [-0.3, -0.25) is 0 Å². The summed E-state index contributed by atoms with van der Waals surface area (Å²) in [6.07, 6.45) is 0. The normalized spacial score (nSPS) is 14.8. The van der Waals surface area contributed by atoms with Gasteiger partial charge < -0.3 is 10.3 Å². The van der Waals surface area contributed by atoms with Crippen molar-refractivity contribution in [2.75, 3.05) is 0 Å². The van der Waals surface area contributed by atoms with Crippen molar-refractivity contribution < 1.29 is 4.79 Å². The fourth-order valence-corrected chi connectivity index (χ4v) is 1.44. The Kier molecular flexibility index (Phi) is 2.23. The van der Waals surface area contributed by atoms with Gasteiger partial charge in [-0.05, 0) is 10.7 Å². The van der Waals surface area contributed by atoms with E-state index in [4.69, 9.17) is 17.1 Å². The topological polar surface area (TPSA) is 61.1 Å². The van der Waals surface area contributed by atoms with Crippen LogP contribution in [0.15, 0.2) is 45.7 Å². The highest BCUT2D eigenvalue weighted by Crippen LogP contribution is 2.28. The minimum absolute atomic E-state index is 0.140. The zero-order valence-corrected chi connectivity index (χ0v) is 7.81. The number of halogens is 1. The van der Waals surface area contributed by atoms with E-state index in [2.05, 4.69) is 15.0 Å². The van der Waals surface area contributed by atoms with E-state index in [-0.39, 0.29) is 11.0 Å². The first-order valence-corrected chi connectivity index (χ1v) is 4.30. The Morgan fingerprint density at radius 1 is 1.14 bits per heavy atom. The van der Waals surface area contributed by atoms with Crippen LogP contribution in [0.5, 0.6) is 0 Å². The summed E-state index contributed by atoms with van der Waals surface area (Å²) >= 11 is 5.81. The maximum absolute atomic E-state index is 8.66. The molecule has 0 spiro atoms. The Morgan fingerprint density at radius 2 is 1.86 bits per heavy atom. The third kappa shape index (κ3) is 1.37. The van der Waals surface area contributed by atoms with E-state index in [0.29, 0.717) is 5.57 Å². The van der Waals surface area contributed by atoms with Crippen LogP contribution in [0.3, 0.4) is 0 Å². The van der Waals surface area contributed by atoms with Gasteiger partial charge in [-0.1, -0.05) is 41.9 Å². The van der Waals surface area contributed by atoms with E-state index >= 15 is 0 Å². The number of amidine groups is 1. The summed E-state index contributed by atoms with van der Waals surface area (Å²) in [6.45, 7) is 0. The van der Waals surface area contributed by atoms with Crippen LogP contribution in [-0.4, -0.2) is 10.6 Å². The molecule has 0 bridgehead atoms. The Hall–Kier alpha value is -1.77. The second kappa shape index (κ2) is 3.54. The number of azo groups is 1. The lowest BCUT2D eigenvalue weighted by Crippen LogP contribution is -1.96. The third-order valence-corrected chi connectivity index (χ3v) is 2.08. The lowest BCUT2D eigenvalue weighted by molar-refractivity contribution is -0.00406. The van der Waals surface area contributed by atoms with Crippen LogP contribution < -0.4 is 0 Å². The molecule has 2 rings (SSSR count). The summed E-state index contributed by atoms with van der Waals surface area (Å²) in [4.78, 5) is 3.01. The molecule has 68 valence electrons. The SMILES string of the molecule is [N-]=[N+]=C1N=NC(Cl)=C1c1ccccc1. The van der Waals surface area contributed by atoms with Gasteiger partial charge in [0, 0.05) is 0 Å². The van der Waals surface area contributed by atoms with Crippen molar-refractivity contribution in [2.24, 2.45) is 10.2 Å². The highest BCUT2D eigenvalue weighted by atomic mass is 35.5. The Bertz CT molecular complexity index is 469. The summed E-state index contributed by atoms with van der Waals surface area (Å²) in [7, 11) is 0. The number of rotatable bonds is 1. The summed E-state index contributed by atoms with van der Waals surface area (Å²) in [5.41, 5.74) is 10.0. The number of benzene rings is 1. The maximum Gasteiger partial charge on any atom is 0.437 e. The van der Waals surface area contributed by atoms with Crippen LogP contribution in [-0.2, 0) is 0 Å². The van der Waals surface area contributed by atoms with Gasteiger partial charge in [-0.15, -0.1) is 0 Å². The van der Waals surface area contributed by atoms with Gasteiger partial charge in [0.25, 0.3) is 0 Å². The molecule has 5 heteroatoms. The molecule has 14 heavy (non-hydrogen) atoms. The van der Waals surface area contributed by atoms with E-state index in [9.17, 15) is 0 Å². The summed E-state index contributed by atoms with van der Waals surface area (Å²) < 4.78 is 0. The van der Waals surface area contributed by atoms with Crippen LogP contribution in [0, 0.1) is 0 Å². The van der Waals surface area contributed by atoms with Crippen molar-refractivity contribution in [2.45, 2.75) is 0 Å². The molecule has 0 aromatic heterocycles. The zero-order chi connectivity index (χ0) is 9.97. The number of hydrogen-bond donors (Lipinski definition) is 0. The molecule has 0 fully saturated rings. The van der Waals surface area contributed by atoms with Gasteiger partial charge in [0.05, 0.1) is 5.11 Å². The molecule has 1 aromatic carbocycles. The maximum atomic E-state index is 8.66. The van der Waals surface area contributed by atoms with E-state index in [1.807, 2.05) is 30.3 Å². The van der Waals surface area contributed by atoms with Crippen molar-refractivity contribution in [3.63, 3.8) is 0 Å². The molecule has 1 aliphatic rings. The van der Waals surface area contributed by atoms with Crippen LogP contribution in [0.4, 0.5) is 0 Å². The van der Waals surface area contributed by atoms with E-state index in [1.165, 1.54) is 0 Å². The molecule has 0 N–H and O–H groups in total. The highest BCUT2D eigenvalue weighted by molar-refractivity contribution is 6.40. The second-order valence-corrected chi connectivity index (χ2v) is 3.01. The van der Waals surface area contributed by atoms with Crippen LogP contribution in [0.1, 0.15) is 5.56 Å². The zero-order valence-electron chi connectivity index (χ0n) is 7.05. The van der Waals surface area contributed by atoms with Crippen LogP contribution >= 0.6 is 11.6 Å². The first-order chi connectivity index (χ1) is 6.83. The quantitative estimate of drug-likeness (QED) is 0.384. The fourth-order valence-electron chi connectivity index (χ4n) is 1.21. The minimum Gasteiger partial charge on any atom is -0.497 e. The largest absolute Gasteiger partial charge is 0.497 e. The van der Waals surface area contributed by atoms with Crippen LogP contribution in [0.2, 0.25) is 0 Å². The molecular weight excluding hydrogens is 200 g/mol. The van der Waals surface area contributed by atoms with Gasteiger partial charge in [0.2, 0.25) is 0 Å². The second-order valence-electron chi connectivity index (χ2n) is 2.66. The lowest BCUT2D eigenvalue weighted by atomic mass is 10.1. The first-order valence-electron chi connectivity index (χ1n) is 3.92. The molecule has 0 saturated heterocycles. The van der Waals surface area contributed by atoms with Gasteiger partial charge >= 0.3 is 5.84 Å². The lowest BCUT2D eigenvalue weighted by Gasteiger charge is -1.95. The Labute approximate surface area is 85.2 Å². The van der Waals surface area contributed by atoms with Crippen LogP contribution in [0.25, 0.3) is 11.1 Å². The molecule has 4 nitrogen and oxygen atoms in total. The van der Waals surface area contributed by atoms with Crippen molar-refractivity contribution in [3.8, 4) is 0 Å². The van der Waals surface area contributed by atoms with E-state index in [1.54, 1.807) is 0 Å². The Morgan fingerprint density at radius 3 is 2.50 bits per heavy atom. The highest BCUT2D eigenvalue weighted by Gasteiger charge is 2.28. The molecule has 1 aromatic rings. The first kappa shape index (κ1) is 8.81. The predicted molar refractivity (Wildman–Crippen MR) is 52.7 cm³/mol. The molecule has 0 radical (unpaired) electrons. The van der Waals surface area contributed by atoms with Gasteiger partial charge in [-0.2, -0.15) is 0 Å². The van der Waals surface area contributed by atoms with Crippen molar-refractivity contribution in [3.05, 3.63) is 46.6 Å². The summed E-state index contributed by atoms with van der Waals surface area (Å²) in [6, 6.07) is 9.30. The number of hydrogen-bond acceptors (Lipinski definition) is 1. The third-order valence-electron chi connectivity index (χ3n) is 1.82. The van der Waals surface area contributed by atoms with Gasteiger partial charge in [0.1, 0.15) is 5.57 Å². The molecule has 0 unspecified atom stereocenters. The Balaban J connectivity index is 2.56. The smallest absolute Gasteiger partial charge is 0.437 e. The molecule has 1 heterocycles. The predicted octanol–water partition coefficient (Wildman–Crippen LogP) is 2.69. The fraction of sp³-hybridized carbons (Fsp3) is 0. The monoisotopic (exact) mass is 204 g/mol. The van der Waals surface area contributed by atoms with Gasteiger partial charge in [0.15, 0.2) is 5.16 Å². The summed E-state index contributed by atoms with van der Waals surface area (Å²) in [5.74, 6) is 0.140. The van der Waals surface area contributed by atoms with Crippen molar-refractivity contribution in [1.82, 2.24) is 0 Å².